The fourth-order valence-corrected chi connectivity index (χ4v) is 2.71. The number of amides is 1. The highest BCUT2D eigenvalue weighted by Gasteiger charge is 2.19. The zero-order chi connectivity index (χ0) is 16.9. The third-order valence-electron chi connectivity index (χ3n) is 3.79. The van der Waals surface area contributed by atoms with Crippen LogP contribution in [0, 0.1) is 0 Å². The second-order valence-corrected chi connectivity index (χ2v) is 7.21. The van der Waals surface area contributed by atoms with Crippen LogP contribution >= 0.6 is 0 Å². The Morgan fingerprint density at radius 1 is 1.52 bits per heavy atom. The van der Waals surface area contributed by atoms with E-state index in [2.05, 4.69) is 33.1 Å². The zero-order valence-corrected chi connectivity index (χ0v) is 14.5. The molecule has 0 radical (unpaired) electrons. The van der Waals surface area contributed by atoms with Gasteiger partial charge in [-0.05, 0) is 53.5 Å². The summed E-state index contributed by atoms with van der Waals surface area (Å²) in [6, 6.07) is 1.01. The van der Waals surface area contributed by atoms with E-state index in [0.717, 1.165) is 18.5 Å². The van der Waals surface area contributed by atoms with Crippen molar-refractivity contribution in [3.8, 4) is 0 Å². The third-order valence-corrected chi connectivity index (χ3v) is 3.79. The predicted octanol–water partition coefficient (Wildman–Crippen LogP) is 2.38. The minimum absolute atomic E-state index is 0.398. The minimum atomic E-state index is -0.523. The topological polar surface area (TPSA) is 91.1 Å². The van der Waals surface area contributed by atoms with Crippen LogP contribution < -0.4 is 16.0 Å². The molecule has 1 aliphatic rings. The summed E-state index contributed by atoms with van der Waals surface area (Å²) in [5.41, 5.74) is 0.396. The molecule has 1 amide bonds. The molecule has 1 saturated heterocycles. The number of carbonyl (C=O) groups excluding carboxylic acids is 1. The van der Waals surface area contributed by atoms with E-state index in [4.69, 9.17) is 4.74 Å². The molecule has 0 spiro atoms. The number of H-pyrrole nitrogens is 1. The fourth-order valence-electron chi connectivity index (χ4n) is 2.71. The summed E-state index contributed by atoms with van der Waals surface area (Å²) in [4.78, 5) is 11.8. The molecule has 0 saturated carbocycles. The molecule has 0 aliphatic carbocycles. The second kappa shape index (κ2) is 7.79. The molecular weight excluding hydrogens is 294 g/mol. The van der Waals surface area contributed by atoms with Gasteiger partial charge in [-0.15, -0.1) is 0 Å². The number of aromatic amines is 1. The van der Waals surface area contributed by atoms with Gasteiger partial charge in [-0.25, -0.2) is 4.79 Å². The molecule has 0 bridgehead atoms. The van der Waals surface area contributed by atoms with Crippen LogP contribution in [-0.4, -0.2) is 40.5 Å². The van der Waals surface area contributed by atoms with Gasteiger partial charge in [0, 0.05) is 24.2 Å². The van der Waals surface area contributed by atoms with Gasteiger partial charge >= 0.3 is 6.09 Å². The SMILES string of the molecule is CC(CC1CCCN1)NCc1cn[nH]c1NC(=O)OC(C)(C)C. The summed E-state index contributed by atoms with van der Waals surface area (Å²) < 4.78 is 5.25. The van der Waals surface area contributed by atoms with Gasteiger partial charge < -0.3 is 15.4 Å². The van der Waals surface area contributed by atoms with Crippen molar-refractivity contribution in [1.29, 1.82) is 0 Å². The number of hydrogen-bond acceptors (Lipinski definition) is 5. The fraction of sp³-hybridized carbons (Fsp3) is 0.750. The molecule has 7 nitrogen and oxygen atoms in total. The maximum absolute atomic E-state index is 11.8. The van der Waals surface area contributed by atoms with Gasteiger partial charge in [0.05, 0.1) is 6.20 Å². The Morgan fingerprint density at radius 2 is 2.30 bits per heavy atom. The standard InChI is InChI=1S/C16H29N5O2/c1-11(8-13-6-5-7-17-13)18-9-12-10-19-21-14(12)20-15(22)23-16(2,3)4/h10-11,13,17-18H,5-9H2,1-4H3,(H2,19,20,21,22). The smallest absolute Gasteiger partial charge is 0.413 e. The summed E-state index contributed by atoms with van der Waals surface area (Å²) >= 11 is 0. The summed E-state index contributed by atoms with van der Waals surface area (Å²) in [5.74, 6) is 0.581. The van der Waals surface area contributed by atoms with Gasteiger partial charge in [0.1, 0.15) is 11.4 Å². The van der Waals surface area contributed by atoms with Crippen molar-refractivity contribution in [3.05, 3.63) is 11.8 Å². The van der Waals surface area contributed by atoms with Gasteiger partial charge in [-0.2, -0.15) is 5.10 Å². The lowest BCUT2D eigenvalue weighted by atomic mass is 10.1. The first kappa shape index (κ1) is 17.7. The van der Waals surface area contributed by atoms with Crippen LogP contribution in [0.2, 0.25) is 0 Å². The Bertz CT molecular complexity index is 503. The molecule has 2 rings (SSSR count). The molecule has 0 aromatic carbocycles. The maximum atomic E-state index is 11.8. The normalized spacial score (nSPS) is 19.6. The average molecular weight is 323 g/mol. The number of hydrogen-bond donors (Lipinski definition) is 4. The van der Waals surface area contributed by atoms with Crippen molar-refractivity contribution >= 4 is 11.9 Å². The van der Waals surface area contributed by atoms with E-state index in [0.29, 0.717) is 24.4 Å². The lowest BCUT2D eigenvalue weighted by molar-refractivity contribution is 0.0635. The largest absolute Gasteiger partial charge is 0.444 e. The molecule has 2 atom stereocenters. The Hall–Kier alpha value is -1.60. The highest BCUT2D eigenvalue weighted by Crippen LogP contribution is 2.15. The Kier molecular flexibility index (Phi) is 6.01. The molecule has 130 valence electrons. The molecule has 23 heavy (non-hydrogen) atoms. The van der Waals surface area contributed by atoms with E-state index >= 15 is 0 Å². The van der Waals surface area contributed by atoms with E-state index in [9.17, 15) is 4.79 Å². The summed E-state index contributed by atoms with van der Waals surface area (Å²) in [7, 11) is 0. The van der Waals surface area contributed by atoms with Crippen LogP contribution in [0.15, 0.2) is 6.20 Å². The second-order valence-electron chi connectivity index (χ2n) is 7.21. The van der Waals surface area contributed by atoms with Gasteiger partial charge in [0.15, 0.2) is 0 Å². The van der Waals surface area contributed by atoms with Crippen molar-refractivity contribution < 1.29 is 9.53 Å². The molecule has 7 heteroatoms. The number of aromatic nitrogens is 2. The number of rotatable bonds is 6. The van der Waals surface area contributed by atoms with Crippen molar-refractivity contribution in [2.24, 2.45) is 0 Å². The average Bonchev–Trinajstić information content (AvgIpc) is 3.06. The van der Waals surface area contributed by atoms with Crippen LogP contribution in [0.1, 0.15) is 52.5 Å². The van der Waals surface area contributed by atoms with E-state index in [1.165, 1.54) is 12.8 Å². The molecule has 4 N–H and O–H groups in total. The quantitative estimate of drug-likeness (QED) is 0.645. The van der Waals surface area contributed by atoms with Crippen LogP contribution in [-0.2, 0) is 11.3 Å². The van der Waals surface area contributed by atoms with Gasteiger partial charge in [0.25, 0.3) is 0 Å². The highest BCUT2D eigenvalue weighted by molar-refractivity contribution is 5.84. The number of anilines is 1. The third kappa shape index (κ3) is 6.19. The van der Waals surface area contributed by atoms with Crippen molar-refractivity contribution in [2.45, 2.75) is 71.2 Å². The molecular formula is C16H29N5O2. The van der Waals surface area contributed by atoms with Gasteiger partial charge in [0.2, 0.25) is 0 Å². The molecule has 1 aromatic heterocycles. The summed E-state index contributed by atoms with van der Waals surface area (Å²) in [5, 5.41) is 16.5. The van der Waals surface area contributed by atoms with E-state index in [-0.39, 0.29) is 0 Å². The molecule has 2 heterocycles. The lowest BCUT2D eigenvalue weighted by Crippen LogP contribution is -2.33. The van der Waals surface area contributed by atoms with E-state index in [1.54, 1.807) is 6.20 Å². The van der Waals surface area contributed by atoms with Crippen molar-refractivity contribution in [3.63, 3.8) is 0 Å². The lowest BCUT2D eigenvalue weighted by Gasteiger charge is -2.20. The molecule has 1 aliphatic heterocycles. The molecule has 1 fully saturated rings. The Morgan fingerprint density at radius 3 is 2.96 bits per heavy atom. The number of nitrogens with one attached hydrogen (secondary N) is 4. The van der Waals surface area contributed by atoms with E-state index in [1.807, 2.05) is 20.8 Å². The van der Waals surface area contributed by atoms with Crippen molar-refractivity contribution in [1.82, 2.24) is 20.8 Å². The van der Waals surface area contributed by atoms with Crippen LogP contribution in [0.4, 0.5) is 10.6 Å². The molecule has 1 aromatic rings. The maximum Gasteiger partial charge on any atom is 0.413 e. The summed E-state index contributed by atoms with van der Waals surface area (Å²) in [6.07, 6.45) is 4.87. The predicted molar refractivity (Wildman–Crippen MR) is 90.4 cm³/mol. The van der Waals surface area contributed by atoms with Gasteiger partial charge in [-0.3, -0.25) is 10.4 Å². The monoisotopic (exact) mass is 323 g/mol. The first-order chi connectivity index (χ1) is 10.8. The van der Waals surface area contributed by atoms with Crippen LogP contribution in [0.5, 0.6) is 0 Å². The highest BCUT2D eigenvalue weighted by atomic mass is 16.6. The number of carbonyl (C=O) groups is 1. The number of nitrogens with zero attached hydrogens (tertiary/aromatic N) is 1. The zero-order valence-electron chi connectivity index (χ0n) is 14.5. The van der Waals surface area contributed by atoms with Crippen molar-refractivity contribution in [2.75, 3.05) is 11.9 Å². The Balaban J connectivity index is 1.79. The first-order valence-corrected chi connectivity index (χ1v) is 8.32. The van der Waals surface area contributed by atoms with E-state index < -0.39 is 11.7 Å². The Labute approximate surface area is 137 Å². The number of ether oxygens (including phenoxy) is 1. The first-order valence-electron chi connectivity index (χ1n) is 8.32. The summed E-state index contributed by atoms with van der Waals surface area (Å²) in [6.45, 7) is 9.46. The minimum Gasteiger partial charge on any atom is -0.444 e. The van der Waals surface area contributed by atoms with Crippen LogP contribution in [0.3, 0.4) is 0 Å². The van der Waals surface area contributed by atoms with Gasteiger partial charge in [-0.1, -0.05) is 0 Å². The van der Waals surface area contributed by atoms with Crippen LogP contribution in [0.25, 0.3) is 0 Å². The molecule has 2 unspecified atom stereocenters.